The lowest BCUT2D eigenvalue weighted by Crippen LogP contribution is -2.08. The minimum atomic E-state index is -0.517. The molecule has 0 unspecified atom stereocenters. The molecule has 0 saturated heterocycles. The molecule has 5 heteroatoms. The third kappa shape index (κ3) is 3.13. The summed E-state index contributed by atoms with van der Waals surface area (Å²) in [4.78, 5) is 19.8. The van der Waals surface area contributed by atoms with Crippen LogP contribution in [0.25, 0.3) is 0 Å². The Morgan fingerprint density at radius 3 is 2.89 bits per heavy atom. The van der Waals surface area contributed by atoms with Crippen molar-refractivity contribution in [2.75, 3.05) is 0 Å². The van der Waals surface area contributed by atoms with Crippen LogP contribution in [0.3, 0.4) is 0 Å². The summed E-state index contributed by atoms with van der Waals surface area (Å²) in [6.07, 6.45) is 3.28. The fourth-order valence-electron chi connectivity index (χ4n) is 1.50. The number of esters is 1. The van der Waals surface area contributed by atoms with Crippen molar-refractivity contribution in [1.82, 2.24) is 9.97 Å². The monoisotopic (exact) mass is 253 g/mol. The van der Waals surface area contributed by atoms with Crippen molar-refractivity contribution in [2.45, 2.75) is 13.5 Å². The van der Waals surface area contributed by atoms with Gasteiger partial charge in [-0.05, 0) is 25.1 Å². The summed E-state index contributed by atoms with van der Waals surface area (Å²) in [5, 5.41) is 8.79. The summed E-state index contributed by atoms with van der Waals surface area (Å²) in [6, 6.07) is 8.63. The van der Waals surface area contributed by atoms with Gasteiger partial charge in [-0.25, -0.2) is 9.78 Å². The Bertz CT molecular complexity index is 633. The summed E-state index contributed by atoms with van der Waals surface area (Å²) in [5.41, 5.74) is 1.96. The molecule has 2 heterocycles. The van der Waals surface area contributed by atoms with E-state index in [0.717, 1.165) is 5.56 Å². The van der Waals surface area contributed by atoms with Crippen LogP contribution in [0, 0.1) is 18.3 Å². The molecule has 0 aliphatic rings. The summed E-state index contributed by atoms with van der Waals surface area (Å²) >= 11 is 0. The minimum Gasteiger partial charge on any atom is -0.456 e. The van der Waals surface area contributed by atoms with Gasteiger partial charge in [-0.1, -0.05) is 6.07 Å². The highest BCUT2D eigenvalue weighted by Gasteiger charge is 2.11. The van der Waals surface area contributed by atoms with E-state index >= 15 is 0 Å². The smallest absolute Gasteiger partial charge is 0.357 e. The van der Waals surface area contributed by atoms with E-state index in [1.807, 2.05) is 12.1 Å². The number of hydrogen-bond acceptors (Lipinski definition) is 5. The van der Waals surface area contributed by atoms with Crippen LogP contribution in [-0.4, -0.2) is 15.9 Å². The zero-order valence-electron chi connectivity index (χ0n) is 10.3. The number of nitriles is 1. The van der Waals surface area contributed by atoms with E-state index in [-0.39, 0.29) is 12.3 Å². The molecule has 0 amide bonds. The van der Waals surface area contributed by atoms with Crippen molar-refractivity contribution in [2.24, 2.45) is 0 Å². The molecule has 0 atom stereocenters. The van der Waals surface area contributed by atoms with Crippen LogP contribution >= 0.6 is 0 Å². The predicted octanol–water partition coefficient (Wildman–Crippen LogP) is 2.01. The molecule has 0 aliphatic carbocycles. The number of carbonyl (C=O) groups excluding carboxylic acids is 1. The Labute approximate surface area is 110 Å². The second kappa shape index (κ2) is 5.74. The van der Waals surface area contributed by atoms with Gasteiger partial charge in [-0.2, -0.15) is 5.26 Å². The van der Waals surface area contributed by atoms with Gasteiger partial charge in [-0.3, -0.25) is 4.98 Å². The molecule has 2 aromatic heterocycles. The van der Waals surface area contributed by atoms with Crippen LogP contribution in [0.4, 0.5) is 0 Å². The highest BCUT2D eigenvalue weighted by atomic mass is 16.5. The van der Waals surface area contributed by atoms with Gasteiger partial charge in [0.25, 0.3) is 0 Å². The number of hydrogen-bond donors (Lipinski definition) is 0. The van der Waals surface area contributed by atoms with E-state index in [2.05, 4.69) is 9.97 Å². The summed E-state index contributed by atoms with van der Waals surface area (Å²) in [5.74, 6) is -0.517. The van der Waals surface area contributed by atoms with Crippen LogP contribution in [0.1, 0.15) is 27.3 Å². The first-order valence-corrected chi connectivity index (χ1v) is 5.64. The molecule has 0 fully saturated rings. The van der Waals surface area contributed by atoms with E-state index in [1.54, 1.807) is 31.5 Å². The molecule has 2 rings (SSSR count). The quantitative estimate of drug-likeness (QED) is 0.782. The Morgan fingerprint density at radius 1 is 1.42 bits per heavy atom. The first kappa shape index (κ1) is 12.7. The Hall–Kier alpha value is -2.74. The van der Waals surface area contributed by atoms with Crippen LogP contribution in [0.2, 0.25) is 0 Å². The normalized spacial score (nSPS) is 9.68. The molecule has 5 nitrogen and oxygen atoms in total. The van der Waals surface area contributed by atoms with Crippen molar-refractivity contribution in [3.63, 3.8) is 0 Å². The standard InChI is InChI=1S/C14H11N3O2/c1-10-12(7-15)4-5-13(17-10)14(18)19-9-11-3-2-6-16-8-11/h2-6,8H,9H2,1H3. The lowest BCUT2D eigenvalue weighted by Gasteiger charge is -2.05. The number of aromatic nitrogens is 2. The van der Waals surface area contributed by atoms with E-state index in [4.69, 9.17) is 10.00 Å². The maximum Gasteiger partial charge on any atom is 0.357 e. The zero-order chi connectivity index (χ0) is 13.7. The van der Waals surface area contributed by atoms with Crippen LogP contribution in [-0.2, 0) is 11.3 Å². The molecule has 0 N–H and O–H groups in total. The molecule has 0 aliphatic heterocycles. The van der Waals surface area contributed by atoms with Gasteiger partial charge in [0.05, 0.1) is 11.3 Å². The molecule has 94 valence electrons. The molecule has 0 spiro atoms. The van der Waals surface area contributed by atoms with Gasteiger partial charge in [0, 0.05) is 18.0 Å². The maximum atomic E-state index is 11.8. The average Bonchev–Trinajstić information content (AvgIpc) is 2.45. The van der Waals surface area contributed by atoms with Gasteiger partial charge >= 0.3 is 5.97 Å². The van der Waals surface area contributed by atoms with E-state index in [9.17, 15) is 4.79 Å². The predicted molar refractivity (Wildman–Crippen MR) is 67.0 cm³/mol. The van der Waals surface area contributed by atoms with Gasteiger partial charge in [0.2, 0.25) is 0 Å². The number of nitrogens with zero attached hydrogens (tertiary/aromatic N) is 3. The van der Waals surface area contributed by atoms with Gasteiger partial charge < -0.3 is 4.74 Å². The van der Waals surface area contributed by atoms with Crippen LogP contribution < -0.4 is 0 Å². The number of aryl methyl sites for hydroxylation is 1. The first-order chi connectivity index (χ1) is 9.20. The molecule has 19 heavy (non-hydrogen) atoms. The molecule has 0 bridgehead atoms. The summed E-state index contributed by atoms with van der Waals surface area (Å²) in [6.45, 7) is 1.82. The Balaban J connectivity index is 2.05. The molecule has 0 saturated carbocycles. The van der Waals surface area contributed by atoms with Crippen molar-refractivity contribution < 1.29 is 9.53 Å². The third-order valence-electron chi connectivity index (χ3n) is 2.51. The third-order valence-corrected chi connectivity index (χ3v) is 2.51. The number of pyridine rings is 2. The Morgan fingerprint density at radius 2 is 2.26 bits per heavy atom. The number of rotatable bonds is 3. The van der Waals surface area contributed by atoms with Crippen molar-refractivity contribution in [3.8, 4) is 6.07 Å². The van der Waals surface area contributed by atoms with Crippen molar-refractivity contribution in [1.29, 1.82) is 5.26 Å². The lowest BCUT2D eigenvalue weighted by atomic mass is 10.2. The topological polar surface area (TPSA) is 75.9 Å². The molecule has 2 aromatic rings. The molecular weight excluding hydrogens is 242 g/mol. The van der Waals surface area contributed by atoms with E-state index in [0.29, 0.717) is 11.3 Å². The minimum absolute atomic E-state index is 0.146. The average molecular weight is 253 g/mol. The zero-order valence-corrected chi connectivity index (χ0v) is 10.3. The summed E-state index contributed by atoms with van der Waals surface area (Å²) < 4.78 is 5.12. The molecular formula is C14H11N3O2. The van der Waals surface area contributed by atoms with Crippen molar-refractivity contribution >= 4 is 5.97 Å². The number of ether oxygens (including phenoxy) is 1. The van der Waals surface area contributed by atoms with Gasteiger partial charge in [0.1, 0.15) is 18.4 Å². The van der Waals surface area contributed by atoms with Gasteiger partial charge in [0.15, 0.2) is 0 Å². The van der Waals surface area contributed by atoms with Gasteiger partial charge in [-0.15, -0.1) is 0 Å². The SMILES string of the molecule is Cc1nc(C(=O)OCc2cccnc2)ccc1C#N. The highest BCUT2D eigenvalue weighted by Crippen LogP contribution is 2.08. The number of carbonyl (C=O) groups is 1. The fraction of sp³-hybridized carbons (Fsp3) is 0.143. The molecule has 0 aromatic carbocycles. The van der Waals surface area contributed by atoms with Crippen LogP contribution in [0.5, 0.6) is 0 Å². The van der Waals surface area contributed by atoms with E-state index < -0.39 is 5.97 Å². The fourth-order valence-corrected chi connectivity index (χ4v) is 1.50. The first-order valence-electron chi connectivity index (χ1n) is 5.64. The molecule has 0 radical (unpaired) electrons. The lowest BCUT2D eigenvalue weighted by molar-refractivity contribution is 0.0465. The summed E-state index contributed by atoms with van der Waals surface area (Å²) in [7, 11) is 0. The van der Waals surface area contributed by atoms with E-state index in [1.165, 1.54) is 6.07 Å². The van der Waals surface area contributed by atoms with Crippen molar-refractivity contribution in [3.05, 3.63) is 59.2 Å². The maximum absolute atomic E-state index is 11.8. The van der Waals surface area contributed by atoms with Crippen LogP contribution in [0.15, 0.2) is 36.7 Å². The second-order valence-electron chi connectivity index (χ2n) is 3.88. The highest BCUT2D eigenvalue weighted by molar-refractivity contribution is 5.87. The second-order valence-corrected chi connectivity index (χ2v) is 3.88. The largest absolute Gasteiger partial charge is 0.456 e. The Kier molecular flexibility index (Phi) is 3.84.